The SMILES string of the molecule is CCCCc1cn(-c2cnc(C(N)=O)nc2)nn1. The molecule has 0 aliphatic rings. The lowest BCUT2D eigenvalue weighted by Gasteiger charge is -1.98. The number of hydrogen-bond donors (Lipinski definition) is 1. The summed E-state index contributed by atoms with van der Waals surface area (Å²) in [6, 6.07) is 0. The summed E-state index contributed by atoms with van der Waals surface area (Å²) in [5.41, 5.74) is 6.64. The zero-order chi connectivity index (χ0) is 13.0. The number of carbonyl (C=O) groups is 1. The number of rotatable bonds is 5. The largest absolute Gasteiger partial charge is 0.363 e. The van der Waals surface area contributed by atoms with Crippen LogP contribution in [0.5, 0.6) is 0 Å². The maximum atomic E-state index is 10.8. The minimum absolute atomic E-state index is 0.00919. The van der Waals surface area contributed by atoms with E-state index in [0.717, 1.165) is 25.0 Å². The van der Waals surface area contributed by atoms with E-state index in [2.05, 4.69) is 27.2 Å². The predicted molar refractivity (Wildman–Crippen MR) is 64.1 cm³/mol. The van der Waals surface area contributed by atoms with E-state index in [4.69, 9.17) is 5.73 Å². The van der Waals surface area contributed by atoms with E-state index in [0.29, 0.717) is 5.69 Å². The first-order chi connectivity index (χ1) is 8.70. The second-order valence-corrected chi connectivity index (χ2v) is 3.89. The van der Waals surface area contributed by atoms with E-state index < -0.39 is 5.91 Å². The van der Waals surface area contributed by atoms with Crippen LogP contribution in [0.4, 0.5) is 0 Å². The zero-order valence-electron chi connectivity index (χ0n) is 10.1. The molecule has 0 atom stereocenters. The summed E-state index contributed by atoms with van der Waals surface area (Å²) < 4.78 is 1.58. The molecule has 2 heterocycles. The molecule has 0 aliphatic heterocycles. The lowest BCUT2D eigenvalue weighted by molar-refractivity contribution is 0.0990. The first-order valence-electron chi connectivity index (χ1n) is 5.74. The molecule has 0 fully saturated rings. The van der Waals surface area contributed by atoms with Gasteiger partial charge in [0.2, 0.25) is 5.82 Å². The molecule has 0 saturated heterocycles. The van der Waals surface area contributed by atoms with Crippen molar-refractivity contribution in [3.8, 4) is 5.69 Å². The molecule has 7 heteroatoms. The van der Waals surface area contributed by atoms with Gasteiger partial charge in [0.25, 0.3) is 5.91 Å². The Bertz CT molecular complexity index is 533. The third-order valence-corrected chi connectivity index (χ3v) is 2.45. The van der Waals surface area contributed by atoms with Gasteiger partial charge in [-0.15, -0.1) is 5.10 Å². The summed E-state index contributed by atoms with van der Waals surface area (Å²) in [6.07, 6.45) is 7.91. The number of aromatic nitrogens is 5. The highest BCUT2D eigenvalue weighted by molar-refractivity contribution is 5.88. The highest BCUT2D eigenvalue weighted by atomic mass is 16.1. The van der Waals surface area contributed by atoms with E-state index in [9.17, 15) is 4.79 Å². The average Bonchev–Trinajstić information content (AvgIpc) is 2.85. The van der Waals surface area contributed by atoms with Crippen LogP contribution < -0.4 is 5.73 Å². The van der Waals surface area contributed by atoms with Gasteiger partial charge in [-0.05, 0) is 12.8 Å². The van der Waals surface area contributed by atoms with Crippen LogP contribution >= 0.6 is 0 Å². The average molecular weight is 246 g/mol. The van der Waals surface area contributed by atoms with Gasteiger partial charge in [-0.1, -0.05) is 18.6 Å². The fourth-order valence-corrected chi connectivity index (χ4v) is 1.46. The molecule has 2 aromatic rings. The van der Waals surface area contributed by atoms with Crippen molar-refractivity contribution in [2.75, 3.05) is 0 Å². The molecule has 2 rings (SSSR count). The van der Waals surface area contributed by atoms with Crippen LogP contribution in [-0.4, -0.2) is 30.9 Å². The molecule has 0 bridgehead atoms. The monoisotopic (exact) mass is 246 g/mol. The second-order valence-electron chi connectivity index (χ2n) is 3.89. The number of primary amides is 1. The van der Waals surface area contributed by atoms with Gasteiger partial charge in [-0.3, -0.25) is 4.79 Å². The summed E-state index contributed by atoms with van der Waals surface area (Å²) in [4.78, 5) is 18.5. The van der Waals surface area contributed by atoms with Crippen LogP contribution in [0.2, 0.25) is 0 Å². The van der Waals surface area contributed by atoms with Crippen LogP contribution in [0.15, 0.2) is 18.6 Å². The van der Waals surface area contributed by atoms with E-state index in [-0.39, 0.29) is 5.82 Å². The zero-order valence-corrected chi connectivity index (χ0v) is 10.1. The van der Waals surface area contributed by atoms with Crippen molar-refractivity contribution in [1.82, 2.24) is 25.0 Å². The normalized spacial score (nSPS) is 10.5. The Morgan fingerprint density at radius 3 is 2.72 bits per heavy atom. The quantitative estimate of drug-likeness (QED) is 0.828. The van der Waals surface area contributed by atoms with Crippen molar-refractivity contribution < 1.29 is 4.79 Å². The molecule has 0 aromatic carbocycles. The van der Waals surface area contributed by atoms with Gasteiger partial charge >= 0.3 is 0 Å². The molecule has 0 radical (unpaired) electrons. The summed E-state index contributed by atoms with van der Waals surface area (Å²) in [5.74, 6) is -0.658. The Balaban J connectivity index is 2.15. The molecule has 0 saturated carbocycles. The van der Waals surface area contributed by atoms with Gasteiger partial charge < -0.3 is 5.73 Å². The van der Waals surface area contributed by atoms with Crippen LogP contribution in [0.3, 0.4) is 0 Å². The molecule has 18 heavy (non-hydrogen) atoms. The van der Waals surface area contributed by atoms with Gasteiger partial charge in [-0.25, -0.2) is 14.6 Å². The van der Waals surface area contributed by atoms with E-state index in [1.807, 2.05) is 6.20 Å². The number of aryl methyl sites for hydroxylation is 1. The fraction of sp³-hybridized carbons (Fsp3) is 0.364. The molecular weight excluding hydrogens is 232 g/mol. The van der Waals surface area contributed by atoms with E-state index >= 15 is 0 Å². The summed E-state index contributed by atoms with van der Waals surface area (Å²) in [7, 11) is 0. The summed E-state index contributed by atoms with van der Waals surface area (Å²) >= 11 is 0. The Morgan fingerprint density at radius 1 is 1.39 bits per heavy atom. The Labute approximate surface area is 104 Å². The van der Waals surface area contributed by atoms with E-state index in [1.165, 1.54) is 12.4 Å². The third kappa shape index (κ3) is 2.68. The van der Waals surface area contributed by atoms with Gasteiger partial charge in [-0.2, -0.15) is 0 Å². The minimum atomic E-state index is -0.649. The Morgan fingerprint density at radius 2 is 2.11 bits per heavy atom. The van der Waals surface area contributed by atoms with Gasteiger partial charge in [0.15, 0.2) is 0 Å². The molecule has 2 N–H and O–H groups in total. The molecule has 7 nitrogen and oxygen atoms in total. The van der Waals surface area contributed by atoms with Crippen LogP contribution in [0.25, 0.3) is 5.69 Å². The van der Waals surface area contributed by atoms with Crippen molar-refractivity contribution in [2.24, 2.45) is 5.73 Å². The summed E-state index contributed by atoms with van der Waals surface area (Å²) in [6.45, 7) is 2.13. The first kappa shape index (κ1) is 12.2. The summed E-state index contributed by atoms with van der Waals surface area (Å²) in [5, 5.41) is 8.04. The number of unbranched alkanes of at least 4 members (excludes halogenated alkanes) is 1. The third-order valence-electron chi connectivity index (χ3n) is 2.45. The second kappa shape index (κ2) is 5.35. The van der Waals surface area contributed by atoms with Crippen molar-refractivity contribution in [1.29, 1.82) is 0 Å². The first-order valence-corrected chi connectivity index (χ1v) is 5.74. The molecule has 2 aromatic heterocycles. The number of nitrogens with zero attached hydrogens (tertiary/aromatic N) is 5. The molecule has 0 aliphatic carbocycles. The van der Waals surface area contributed by atoms with Crippen molar-refractivity contribution in [2.45, 2.75) is 26.2 Å². The topological polar surface area (TPSA) is 99.6 Å². The fourth-order valence-electron chi connectivity index (χ4n) is 1.46. The highest BCUT2D eigenvalue weighted by Gasteiger charge is 2.06. The number of hydrogen-bond acceptors (Lipinski definition) is 5. The van der Waals surface area contributed by atoms with E-state index in [1.54, 1.807) is 4.68 Å². The van der Waals surface area contributed by atoms with Gasteiger partial charge in [0.05, 0.1) is 24.3 Å². The van der Waals surface area contributed by atoms with Crippen molar-refractivity contribution in [3.05, 3.63) is 30.1 Å². The molecule has 94 valence electrons. The molecular formula is C11H14N6O. The van der Waals surface area contributed by atoms with Crippen molar-refractivity contribution in [3.63, 3.8) is 0 Å². The highest BCUT2D eigenvalue weighted by Crippen LogP contribution is 2.06. The Kier molecular flexibility index (Phi) is 3.61. The smallest absolute Gasteiger partial charge is 0.286 e. The molecule has 1 amide bonds. The number of carbonyl (C=O) groups excluding carboxylic acids is 1. The predicted octanol–water partition coefficient (Wildman–Crippen LogP) is 0.499. The molecule has 0 unspecified atom stereocenters. The number of amides is 1. The minimum Gasteiger partial charge on any atom is -0.363 e. The molecule has 0 spiro atoms. The maximum absolute atomic E-state index is 10.8. The van der Waals surface area contributed by atoms with Crippen molar-refractivity contribution >= 4 is 5.91 Å². The van der Waals surface area contributed by atoms with Crippen LogP contribution in [-0.2, 0) is 6.42 Å². The maximum Gasteiger partial charge on any atom is 0.286 e. The lowest BCUT2D eigenvalue weighted by atomic mass is 10.2. The van der Waals surface area contributed by atoms with Gasteiger partial charge in [0.1, 0.15) is 5.69 Å². The lowest BCUT2D eigenvalue weighted by Crippen LogP contribution is -2.15. The van der Waals surface area contributed by atoms with Crippen LogP contribution in [0.1, 0.15) is 36.1 Å². The standard InChI is InChI=1S/C11H14N6O/c1-2-3-4-8-7-17(16-15-8)9-5-13-11(10(12)18)14-6-9/h5-7H,2-4H2,1H3,(H2,12,18). The Hall–Kier alpha value is -2.31. The van der Waals surface area contributed by atoms with Crippen LogP contribution in [0, 0.1) is 0 Å². The van der Waals surface area contributed by atoms with Gasteiger partial charge in [0, 0.05) is 0 Å². The number of nitrogens with two attached hydrogens (primary N) is 1.